The second-order valence-corrected chi connectivity index (χ2v) is 2.80. The molecule has 0 saturated heterocycles. The molecule has 0 aliphatic carbocycles. The van der Waals surface area contributed by atoms with E-state index in [0.717, 1.165) is 0 Å². The number of amides is 2. The van der Waals surface area contributed by atoms with E-state index in [1.165, 1.54) is 31.1 Å². The Kier molecular flexibility index (Phi) is 9.52. The van der Waals surface area contributed by atoms with Crippen LogP contribution < -0.4 is 0 Å². The molecule has 0 N–H and O–H groups in total. The Bertz CT molecular complexity index is 237. The van der Waals surface area contributed by atoms with Crippen molar-refractivity contribution in [2.45, 2.75) is 20.8 Å². The van der Waals surface area contributed by atoms with Crippen LogP contribution in [0, 0.1) is 0 Å². The summed E-state index contributed by atoms with van der Waals surface area (Å²) in [6.45, 7) is 12.5. The van der Waals surface area contributed by atoms with Crippen LogP contribution in [0.25, 0.3) is 0 Å². The van der Waals surface area contributed by atoms with E-state index >= 15 is 0 Å². The van der Waals surface area contributed by atoms with Crippen LogP contribution in [-0.4, -0.2) is 35.2 Å². The van der Waals surface area contributed by atoms with E-state index in [9.17, 15) is 9.59 Å². The van der Waals surface area contributed by atoms with Crippen molar-refractivity contribution in [2.75, 3.05) is 13.6 Å². The van der Waals surface area contributed by atoms with Crippen LogP contribution in [0.4, 0.5) is 0 Å². The number of rotatable bonds is 3. The van der Waals surface area contributed by atoms with Gasteiger partial charge in [0.2, 0.25) is 11.8 Å². The topological polar surface area (TPSA) is 40.6 Å². The van der Waals surface area contributed by atoms with Crippen molar-refractivity contribution in [1.82, 2.24) is 9.80 Å². The predicted molar refractivity (Wildman–Crippen MR) is 61.9 cm³/mol. The first-order valence-electron chi connectivity index (χ1n) is 4.66. The number of hydrogen-bond donors (Lipinski definition) is 0. The van der Waals surface area contributed by atoms with Gasteiger partial charge in [-0.05, 0) is 19.3 Å². The summed E-state index contributed by atoms with van der Waals surface area (Å²) in [7, 11) is 1.66. The minimum Gasteiger partial charge on any atom is -0.323 e. The van der Waals surface area contributed by atoms with E-state index in [4.69, 9.17) is 0 Å². The molecule has 4 heteroatoms. The molecule has 4 nitrogen and oxygen atoms in total. The van der Waals surface area contributed by atoms with Crippen LogP contribution in [0.15, 0.2) is 25.6 Å². The number of carbonyl (C=O) groups is 2. The van der Waals surface area contributed by atoms with Gasteiger partial charge in [0.1, 0.15) is 0 Å². The molecule has 0 aromatic rings. The Morgan fingerprint density at radius 2 is 1.60 bits per heavy atom. The lowest BCUT2D eigenvalue weighted by Gasteiger charge is -2.10. The van der Waals surface area contributed by atoms with Gasteiger partial charge in [0.25, 0.3) is 0 Å². The van der Waals surface area contributed by atoms with Crippen LogP contribution in [0.3, 0.4) is 0 Å². The highest BCUT2D eigenvalue weighted by atomic mass is 16.2. The Morgan fingerprint density at radius 3 is 1.60 bits per heavy atom. The van der Waals surface area contributed by atoms with Crippen molar-refractivity contribution in [3.05, 3.63) is 25.6 Å². The summed E-state index contributed by atoms with van der Waals surface area (Å²) in [6.07, 6.45) is 3.00. The minimum atomic E-state index is 0.00926. The molecular weight excluding hydrogens is 192 g/mol. The zero-order valence-electron chi connectivity index (χ0n) is 9.99. The molecule has 0 fully saturated rings. The first-order valence-corrected chi connectivity index (χ1v) is 4.66. The summed E-state index contributed by atoms with van der Waals surface area (Å²) >= 11 is 0. The molecule has 0 aromatic carbocycles. The summed E-state index contributed by atoms with van der Waals surface area (Å²) in [4.78, 5) is 23.6. The lowest BCUT2D eigenvalue weighted by atomic mass is 10.5. The van der Waals surface area contributed by atoms with E-state index in [0.29, 0.717) is 6.54 Å². The summed E-state index contributed by atoms with van der Waals surface area (Å²) < 4.78 is 0. The van der Waals surface area contributed by atoms with E-state index < -0.39 is 0 Å². The monoisotopic (exact) mass is 212 g/mol. The van der Waals surface area contributed by atoms with Crippen molar-refractivity contribution in [3.8, 4) is 0 Å². The quantitative estimate of drug-likeness (QED) is 0.713. The fraction of sp³-hybridized carbons (Fsp3) is 0.455. The second-order valence-electron chi connectivity index (χ2n) is 2.80. The van der Waals surface area contributed by atoms with Gasteiger partial charge in [-0.3, -0.25) is 9.59 Å². The Labute approximate surface area is 91.9 Å². The molecular formula is C11H20N2O2. The van der Waals surface area contributed by atoms with Crippen LogP contribution in [0.2, 0.25) is 0 Å². The van der Waals surface area contributed by atoms with Crippen molar-refractivity contribution in [2.24, 2.45) is 0 Å². The van der Waals surface area contributed by atoms with Crippen LogP contribution >= 0.6 is 0 Å². The van der Waals surface area contributed by atoms with Gasteiger partial charge in [0.05, 0.1) is 0 Å². The molecule has 86 valence electrons. The van der Waals surface area contributed by atoms with E-state index in [1.807, 2.05) is 6.92 Å². The molecule has 0 spiro atoms. The van der Waals surface area contributed by atoms with Gasteiger partial charge in [-0.2, -0.15) is 0 Å². The van der Waals surface area contributed by atoms with Crippen molar-refractivity contribution < 1.29 is 9.59 Å². The number of nitrogens with zero attached hydrogens (tertiary/aromatic N) is 2. The van der Waals surface area contributed by atoms with Crippen LogP contribution in [-0.2, 0) is 9.59 Å². The molecule has 0 aromatic heterocycles. The Morgan fingerprint density at radius 1 is 1.13 bits per heavy atom. The molecule has 0 atom stereocenters. The van der Waals surface area contributed by atoms with Gasteiger partial charge < -0.3 is 9.80 Å². The molecule has 0 heterocycles. The lowest BCUT2D eigenvalue weighted by Crippen LogP contribution is -2.21. The third-order valence-corrected chi connectivity index (χ3v) is 1.74. The summed E-state index contributed by atoms with van der Waals surface area (Å²) in [5, 5.41) is 0. The maximum atomic E-state index is 10.5. The molecule has 15 heavy (non-hydrogen) atoms. The SMILES string of the molecule is C=CN(C)C(C)=O.C=CN(CC)C(C)=O. The predicted octanol–water partition coefficient (Wildman–Crippen LogP) is 1.61. The smallest absolute Gasteiger partial charge is 0.223 e. The van der Waals surface area contributed by atoms with Crippen molar-refractivity contribution >= 4 is 11.8 Å². The molecule has 0 bridgehead atoms. The lowest BCUT2D eigenvalue weighted by molar-refractivity contribution is -0.126. The van der Waals surface area contributed by atoms with Gasteiger partial charge in [-0.1, -0.05) is 13.2 Å². The van der Waals surface area contributed by atoms with Gasteiger partial charge in [-0.25, -0.2) is 0 Å². The standard InChI is InChI=1S/C6H11NO.C5H9NO/c1-4-7(5-2)6(3)8;1-4-6(3)5(2)7/h4H,1,5H2,2-3H3;4H,1H2,2-3H3. The highest BCUT2D eigenvalue weighted by Gasteiger charge is 1.96. The molecule has 0 saturated carbocycles. The summed E-state index contributed by atoms with van der Waals surface area (Å²) in [5.41, 5.74) is 0. The fourth-order valence-corrected chi connectivity index (χ4v) is 0.609. The number of hydrogen-bond acceptors (Lipinski definition) is 2. The van der Waals surface area contributed by atoms with Gasteiger partial charge in [-0.15, -0.1) is 0 Å². The maximum Gasteiger partial charge on any atom is 0.223 e. The van der Waals surface area contributed by atoms with Gasteiger partial charge in [0, 0.05) is 27.4 Å². The highest BCUT2D eigenvalue weighted by Crippen LogP contribution is 1.85. The van der Waals surface area contributed by atoms with Crippen LogP contribution in [0.5, 0.6) is 0 Å². The Hall–Kier alpha value is -1.58. The highest BCUT2D eigenvalue weighted by molar-refractivity contribution is 5.74. The van der Waals surface area contributed by atoms with Crippen molar-refractivity contribution in [1.29, 1.82) is 0 Å². The Balaban J connectivity index is 0. The summed E-state index contributed by atoms with van der Waals surface area (Å²) in [6, 6.07) is 0. The van der Waals surface area contributed by atoms with Crippen LogP contribution in [0.1, 0.15) is 20.8 Å². The first-order chi connectivity index (χ1) is 6.90. The second kappa shape index (κ2) is 8.99. The van der Waals surface area contributed by atoms with E-state index in [2.05, 4.69) is 13.2 Å². The normalized spacial score (nSPS) is 8.00. The van der Waals surface area contributed by atoms with E-state index in [-0.39, 0.29) is 11.8 Å². The summed E-state index contributed by atoms with van der Waals surface area (Å²) in [5.74, 6) is 0.0532. The minimum absolute atomic E-state index is 0.00926. The molecule has 0 aliphatic heterocycles. The van der Waals surface area contributed by atoms with Crippen molar-refractivity contribution in [3.63, 3.8) is 0 Å². The van der Waals surface area contributed by atoms with Gasteiger partial charge >= 0.3 is 0 Å². The number of carbonyl (C=O) groups excluding carboxylic acids is 2. The van der Waals surface area contributed by atoms with E-state index in [1.54, 1.807) is 11.9 Å². The fourth-order valence-electron chi connectivity index (χ4n) is 0.609. The molecule has 0 radical (unpaired) electrons. The average molecular weight is 212 g/mol. The molecule has 0 aliphatic rings. The zero-order valence-corrected chi connectivity index (χ0v) is 9.99. The zero-order chi connectivity index (χ0) is 12.4. The third-order valence-electron chi connectivity index (χ3n) is 1.74. The molecule has 0 unspecified atom stereocenters. The molecule has 2 amide bonds. The average Bonchev–Trinajstić information content (AvgIpc) is 2.18. The van der Waals surface area contributed by atoms with Gasteiger partial charge in [0.15, 0.2) is 0 Å². The molecule has 0 rings (SSSR count). The first kappa shape index (κ1) is 15.9. The third kappa shape index (κ3) is 8.74. The maximum absolute atomic E-state index is 10.5. The largest absolute Gasteiger partial charge is 0.323 e.